The molecule has 3 heterocycles. The molecule has 3 N–H and O–H groups in total. The number of nitrogens with one attached hydrogen (secondary N) is 1. The van der Waals surface area contributed by atoms with E-state index in [9.17, 15) is 15.0 Å². The molecular weight excluding hydrogens is 300 g/mol. The molecule has 0 radical (unpaired) electrons. The normalized spacial score (nSPS) is 32.1. The van der Waals surface area contributed by atoms with Crippen LogP contribution in [0.25, 0.3) is 0 Å². The molecule has 2 aliphatic heterocycles. The zero-order valence-corrected chi connectivity index (χ0v) is 13.1. The van der Waals surface area contributed by atoms with Gasteiger partial charge in [0, 0.05) is 6.54 Å². The summed E-state index contributed by atoms with van der Waals surface area (Å²) in [5.41, 5.74) is 0. The van der Waals surface area contributed by atoms with Crippen molar-refractivity contribution in [3.05, 3.63) is 24.2 Å². The van der Waals surface area contributed by atoms with E-state index in [0.29, 0.717) is 0 Å². The molecule has 23 heavy (non-hydrogen) atoms. The summed E-state index contributed by atoms with van der Waals surface area (Å²) in [7, 11) is 0. The highest BCUT2D eigenvalue weighted by atomic mass is 16.5. The topological polar surface area (TPSA) is 95.2 Å². The van der Waals surface area contributed by atoms with E-state index in [0.717, 1.165) is 25.9 Å². The molecule has 4 atom stereocenters. The number of rotatable bonds is 5. The van der Waals surface area contributed by atoms with Crippen molar-refractivity contribution in [3.8, 4) is 0 Å². The van der Waals surface area contributed by atoms with Crippen molar-refractivity contribution < 1.29 is 24.2 Å². The molecule has 2 saturated heterocycles. The molecule has 2 aliphatic rings. The first kappa shape index (κ1) is 16.4. The molecule has 0 aromatic carbocycles. The fourth-order valence-corrected chi connectivity index (χ4v) is 3.50. The summed E-state index contributed by atoms with van der Waals surface area (Å²) < 4.78 is 10.8. The lowest BCUT2D eigenvalue weighted by Crippen LogP contribution is -2.52. The highest BCUT2D eigenvalue weighted by molar-refractivity contribution is 5.91. The lowest BCUT2D eigenvalue weighted by Gasteiger charge is -2.36. The van der Waals surface area contributed by atoms with E-state index in [1.165, 1.54) is 12.7 Å². The number of nitrogens with zero attached hydrogens (tertiary/aromatic N) is 1. The van der Waals surface area contributed by atoms with E-state index in [2.05, 4.69) is 10.2 Å². The Kier molecular flexibility index (Phi) is 5.32. The molecule has 0 saturated carbocycles. The van der Waals surface area contributed by atoms with Crippen molar-refractivity contribution in [2.45, 2.75) is 43.6 Å². The van der Waals surface area contributed by atoms with Crippen LogP contribution in [0.1, 0.15) is 29.8 Å². The molecule has 1 aromatic rings. The van der Waals surface area contributed by atoms with Crippen molar-refractivity contribution in [2.75, 3.05) is 26.2 Å². The average molecular weight is 324 g/mol. The number of hydrogen-bond donors (Lipinski definition) is 3. The molecule has 128 valence electrons. The number of aliphatic hydroxyl groups excluding tert-OH is 2. The van der Waals surface area contributed by atoms with Crippen LogP contribution in [0.4, 0.5) is 0 Å². The zero-order valence-electron chi connectivity index (χ0n) is 13.1. The SMILES string of the molecule is O=C(NCC1OC(CO)C(O)C1N1CCCCC1)c1ccco1. The number of furan rings is 1. The summed E-state index contributed by atoms with van der Waals surface area (Å²) in [4.78, 5) is 14.2. The van der Waals surface area contributed by atoms with Gasteiger partial charge in [-0.1, -0.05) is 6.42 Å². The minimum atomic E-state index is -0.747. The summed E-state index contributed by atoms with van der Waals surface area (Å²) in [6.07, 6.45) is 3.14. The van der Waals surface area contributed by atoms with Gasteiger partial charge >= 0.3 is 0 Å². The smallest absolute Gasteiger partial charge is 0.287 e. The average Bonchev–Trinajstić information content (AvgIpc) is 3.21. The minimum absolute atomic E-state index is 0.204. The molecule has 1 amide bonds. The number of amides is 1. The van der Waals surface area contributed by atoms with Gasteiger partial charge in [-0.25, -0.2) is 0 Å². The van der Waals surface area contributed by atoms with Crippen LogP contribution >= 0.6 is 0 Å². The predicted octanol–water partition coefficient (Wildman–Crippen LogP) is -0.0155. The van der Waals surface area contributed by atoms with Crippen LogP contribution in [-0.4, -0.2) is 71.6 Å². The van der Waals surface area contributed by atoms with E-state index in [4.69, 9.17) is 9.15 Å². The molecule has 7 heteroatoms. The minimum Gasteiger partial charge on any atom is -0.459 e. The van der Waals surface area contributed by atoms with E-state index in [1.54, 1.807) is 12.1 Å². The lowest BCUT2D eigenvalue weighted by atomic mass is 9.99. The summed E-state index contributed by atoms with van der Waals surface area (Å²) >= 11 is 0. The predicted molar refractivity (Wildman–Crippen MR) is 82.0 cm³/mol. The van der Waals surface area contributed by atoms with Gasteiger partial charge in [0.2, 0.25) is 0 Å². The molecule has 0 aliphatic carbocycles. The fraction of sp³-hybridized carbons (Fsp3) is 0.688. The monoisotopic (exact) mass is 324 g/mol. The van der Waals surface area contributed by atoms with Gasteiger partial charge < -0.3 is 24.7 Å². The second-order valence-corrected chi connectivity index (χ2v) is 6.16. The largest absolute Gasteiger partial charge is 0.459 e. The van der Waals surface area contributed by atoms with Gasteiger partial charge in [0.1, 0.15) is 12.2 Å². The van der Waals surface area contributed by atoms with Crippen molar-refractivity contribution in [1.82, 2.24) is 10.2 Å². The maximum atomic E-state index is 12.0. The van der Waals surface area contributed by atoms with Gasteiger partial charge in [-0.05, 0) is 38.1 Å². The number of likely N-dealkylation sites (tertiary alicyclic amines) is 1. The number of hydrogen-bond acceptors (Lipinski definition) is 6. The summed E-state index contributed by atoms with van der Waals surface area (Å²) in [6, 6.07) is 3.05. The van der Waals surface area contributed by atoms with Crippen molar-refractivity contribution in [1.29, 1.82) is 0 Å². The first-order chi connectivity index (χ1) is 11.2. The number of piperidine rings is 1. The number of carbonyl (C=O) groups is 1. The highest BCUT2D eigenvalue weighted by Gasteiger charge is 2.46. The van der Waals surface area contributed by atoms with Crippen LogP contribution < -0.4 is 5.32 Å². The van der Waals surface area contributed by atoms with Crippen LogP contribution in [0, 0.1) is 0 Å². The Hall–Kier alpha value is -1.41. The molecule has 2 fully saturated rings. The van der Waals surface area contributed by atoms with Crippen molar-refractivity contribution in [3.63, 3.8) is 0 Å². The second-order valence-electron chi connectivity index (χ2n) is 6.16. The standard InChI is InChI=1S/C16H24N2O5/c19-10-13-15(20)14(18-6-2-1-3-7-18)12(23-13)9-17-16(21)11-5-4-8-22-11/h4-5,8,12-15,19-20H,1-3,6-7,9-10H2,(H,17,21). The van der Waals surface area contributed by atoms with Crippen LogP contribution in [0.3, 0.4) is 0 Å². The Morgan fingerprint density at radius 1 is 1.30 bits per heavy atom. The van der Waals surface area contributed by atoms with Gasteiger partial charge in [0.15, 0.2) is 5.76 Å². The Bertz CT molecular complexity index is 501. The van der Waals surface area contributed by atoms with E-state index in [-0.39, 0.29) is 37.0 Å². The Balaban J connectivity index is 1.64. The van der Waals surface area contributed by atoms with Crippen LogP contribution in [0.5, 0.6) is 0 Å². The lowest BCUT2D eigenvalue weighted by molar-refractivity contribution is -0.0209. The van der Waals surface area contributed by atoms with Crippen LogP contribution in [0.15, 0.2) is 22.8 Å². The van der Waals surface area contributed by atoms with E-state index in [1.807, 2.05) is 0 Å². The van der Waals surface area contributed by atoms with E-state index < -0.39 is 12.2 Å². The van der Waals surface area contributed by atoms with Gasteiger partial charge in [0.25, 0.3) is 5.91 Å². The van der Waals surface area contributed by atoms with E-state index >= 15 is 0 Å². The molecule has 0 bridgehead atoms. The Labute approximate surface area is 135 Å². The quantitative estimate of drug-likeness (QED) is 0.705. The molecule has 4 unspecified atom stereocenters. The molecule has 7 nitrogen and oxygen atoms in total. The number of ether oxygens (including phenoxy) is 1. The number of carbonyl (C=O) groups excluding carboxylic acids is 1. The summed E-state index contributed by atoms with van der Waals surface area (Å²) in [6.45, 7) is 1.86. The number of aliphatic hydroxyl groups is 2. The van der Waals surface area contributed by atoms with Gasteiger partial charge in [-0.2, -0.15) is 0 Å². The maximum Gasteiger partial charge on any atom is 0.287 e. The third-order valence-electron chi connectivity index (χ3n) is 4.66. The van der Waals surface area contributed by atoms with Gasteiger partial charge in [-0.3, -0.25) is 9.69 Å². The maximum absolute atomic E-state index is 12.0. The molecule has 1 aromatic heterocycles. The molecule has 0 spiro atoms. The molecule has 3 rings (SSSR count). The molecular formula is C16H24N2O5. The second kappa shape index (κ2) is 7.44. The van der Waals surface area contributed by atoms with Gasteiger partial charge in [-0.15, -0.1) is 0 Å². The summed E-state index contributed by atoms with van der Waals surface area (Å²) in [5.74, 6) is -0.0605. The third-order valence-corrected chi connectivity index (χ3v) is 4.66. The highest BCUT2D eigenvalue weighted by Crippen LogP contribution is 2.28. The van der Waals surface area contributed by atoms with Crippen LogP contribution in [-0.2, 0) is 4.74 Å². The first-order valence-electron chi connectivity index (χ1n) is 8.21. The third kappa shape index (κ3) is 3.58. The Morgan fingerprint density at radius 3 is 2.74 bits per heavy atom. The van der Waals surface area contributed by atoms with Crippen LogP contribution in [0.2, 0.25) is 0 Å². The summed E-state index contributed by atoms with van der Waals surface area (Å²) in [5, 5.41) is 22.6. The van der Waals surface area contributed by atoms with Crippen molar-refractivity contribution >= 4 is 5.91 Å². The van der Waals surface area contributed by atoms with Gasteiger partial charge in [0.05, 0.1) is 25.0 Å². The van der Waals surface area contributed by atoms with Crippen molar-refractivity contribution in [2.24, 2.45) is 0 Å². The Morgan fingerprint density at radius 2 is 2.09 bits per heavy atom. The zero-order chi connectivity index (χ0) is 16.2. The first-order valence-corrected chi connectivity index (χ1v) is 8.21. The fourth-order valence-electron chi connectivity index (χ4n) is 3.50.